The number of nitrogens with zero attached hydrogens (tertiary/aromatic N) is 1. The topological polar surface area (TPSA) is 95.6 Å². The molecule has 0 heterocycles. The minimum absolute atomic E-state index is 0.115. The molecular formula is C28H37N3O4S. The van der Waals surface area contributed by atoms with E-state index in [1.54, 1.807) is 19.1 Å². The molecule has 2 N–H and O–H groups in total. The lowest BCUT2D eigenvalue weighted by molar-refractivity contribution is -0.126. The lowest BCUT2D eigenvalue weighted by Crippen LogP contribution is -2.52. The monoisotopic (exact) mass is 511 g/mol. The van der Waals surface area contributed by atoms with Gasteiger partial charge in [0.15, 0.2) is 0 Å². The Morgan fingerprint density at radius 1 is 0.944 bits per heavy atom. The van der Waals surface area contributed by atoms with E-state index < -0.39 is 28.7 Å². The molecule has 0 unspecified atom stereocenters. The third-order valence-electron chi connectivity index (χ3n) is 6.51. The van der Waals surface area contributed by atoms with Crippen molar-refractivity contribution in [2.75, 3.05) is 21.7 Å². The van der Waals surface area contributed by atoms with E-state index in [1.165, 1.54) is 11.3 Å². The Morgan fingerprint density at radius 3 is 2.22 bits per heavy atom. The summed E-state index contributed by atoms with van der Waals surface area (Å²) < 4.78 is 12.8. The van der Waals surface area contributed by atoms with Gasteiger partial charge in [-0.3, -0.25) is 23.5 Å². The maximum atomic E-state index is 13.4. The molecule has 1 fully saturated rings. The third-order valence-corrected chi connectivity index (χ3v) is 7.66. The molecule has 0 aliphatic heterocycles. The number of hydrogen-bond acceptors (Lipinski definition) is 4. The lowest BCUT2D eigenvalue weighted by Gasteiger charge is -2.32. The van der Waals surface area contributed by atoms with Crippen LogP contribution in [0.3, 0.4) is 0 Å². The average molecular weight is 512 g/mol. The number of aryl methyl sites for hydroxylation is 3. The molecule has 2 aromatic rings. The van der Waals surface area contributed by atoms with Crippen molar-refractivity contribution in [1.82, 2.24) is 5.32 Å². The summed E-state index contributed by atoms with van der Waals surface area (Å²) in [5.74, 6) is -1.75. The van der Waals surface area contributed by atoms with Gasteiger partial charge in [-0.15, -0.1) is 0 Å². The first kappa shape index (κ1) is 27.6. The van der Waals surface area contributed by atoms with E-state index in [2.05, 4.69) is 10.6 Å². The molecule has 3 amide bonds. The highest BCUT2D eigenvalue weighted by Gasteiger charge is 2.31. The smallest absolute Gasteiger partial charge is 0.243 e. The molecule has 3 rings (SSSR count). The van der Waals surface area contributed by atoms with Gasteiger partial charge in [0.1, 0.15) is 17.5 Å². The van der Waals surface area contributed by atoms with Crippen LogP contribution >= 0.6 is 0 Å². The van der Waals surface area contributed by atoms with Gasteiger partial charge in [0.2, 0.25) is 17.7 Å². The van der Waals surface area contributed by atoms with Gasteiger partial charge in [0, 0.05) is 28.2 Å². The van der Waals surface area contributed by atoms with Crippen LogP contribution in [0.25, 0.3) is 0 Å². The molecule has 36 heavy (non-hydrogen) atoms. The van der Waals surface area contributed by atoms with Crippen LogP contribution in [0.1, 0.15) is 55.7 Å². The minimum Gasteiger partial charge on any atom is -0.352 e. The van der Waals surface area contributed by atoms with Crippen LogP contribution < -0.4 is 15.5 Å². The number of nitrogens with one attached hydrogen (secondary N) is 2. The van der Waals surface area contributed by atoms with Crippen molar-refractivity contribution in [1.29, 1.82) is 0 Å². The van der Waals surface area contributed by atoms with Crippen LogP contribution in [0.2, 0.25) is 0 Å². The predicted molar refractivity (Wildman–Crippen MR) is 146 cm³/mol. The minimum atomic E-state index is -1.73. The fourth-order valence-electron chi connectivity index (χ4n) is 4.56. The van der Waals surface area contributed by atoms with Crippen LogP contribution in [-0.4, -0.2) is 45.5 Å². The van der Waals surface area contributed by atoms with E-state index in [1.807, 2.05) is 51.1 Å². The van der Waals surface area contributed by atoms with E-state index in [-0.39, 0.29) is 23.5 Å². The summed E-state index contributed by atoms with van der Waals surface area (Å²) >= 11 is 0. The van der Waals surface area contributed by atoms with E-state index >= 15 is 0 Å². The molecule has 8 heteroatoms. The summed E-state index contributed by atoms with van der Waals surface area (Å²) in [5.41, 5.74) is 4.18. The molecule has 0 spiro atoms. The van der Waals surface area contributed by atoms with Gasteiger partial charge in [-0.25, -0.2) is 0 Å². The third kappa shape index (κ3) is 7.75. The number of carbonyl (C=O) groups is 3. The molecule has 194 valence electrons. The number of rotatable bonds is 9. The van der Waals surface area contributed by atoms with E-state index in [0.717, 1.165) is 42.4 Å². The average Bonchev–Trinajstić information content (AvgIpc) is 2.82. The summed E-state index contributed by atoms with van der Waals surface area (Å²) in [7, 11) is -1.73. The zero-order chi connectivity index (χ0) is 26.2. The summed E-state index contributed by atoms with van der Waals surface area (Å²) in [4.78, 5) is 40.4. The molecule has 2 aromatic carbocycles. The van der Waals surface area contributed by atoms with Gasteiger partial charge in [0.25, 0.3) is 0 Å². The van der Waals surface area contributed by atoms with E-state index in [4.69, 9.17) is 0 Å². The largest absolute Gasteiger partial charge is 0.352 e. The van der Waals surface area contributed by atoms with Gasteiger partial charge in [0.05, 0.1) is 0 Å². The van der Waals surface area contributed by atoms with Crippen molar-refractivity contribution in [3.05, 3.63) is 59.2 Å². The second-order valence-electron chi connectivity index (χ2n) is 9.72. The SMILES string of the molecule is Cc1ccc(NC(=O)C[S@@](=O)CC(=O)N(c2ccc(C)cc2C)[C@H](C)C(=O)NC2CCCCC2)cc1. The molecule has 0 bridgehead atoms. The number of anilines is 2. The molecule has 0 radical (unpaired) electrons. The first-order chi connectivity index (χ1) is 17.1. The molecule has 0 aromatic heterocycles. The van der Waals surface area contributed by atoms with Crippen molar-refractivity contribution in [2.24, 2.45) is 0 Å². The molecule has 0 saturated heterocycles. The maximum absolute atomic E-state index is 13.4. The standard InChI is InChI=1S/C28H37N3O4S/c1-19-10-13-24(14-11-19)29-26(32)17-36(35)18-27(33)31(25-15-12-20(2)16-21(25)3)22(4)28(34)30-23-8-6-5-7-9-23/h10-16,22-23H,5-9,17-18H2,1-4H3,(H,29,32)(H,30,34)/t22-,36-/m1/s1. The molecule has 7 nitrogen and oxygen atoms in total. The van der Waals surface area contributed by atoms with Gasteiger partial charge < -0.3 is 10.6 Å². The van der Waals surface area contributed by atoms with Gasteiger partial charge in [-0.2, -0.15) is 0 Å². The predicted octanol–water partition coefficient (Wildman–Crippen LogP) is 4.17. The van der Waals surface area contributed by atoms with E-state index in [0.29, 0.717) is 11.4 Å². The number of carbonyl (C=O) groups excluding carboxylic acids is 3. The number of hydrogen-bond donors (Lipinski definition) is 2. The number of amides is 3. The van der Waals surface area contributed by atoms with Gasteiger partial charge >= 0.3 is 0 Å². The Kier molecular flexibility index (Phi) is 9.81. The summed E-state index contributed by atoms with van der Waals surface area (Å²) in [6.07, 6.45) is 5.23. The quantitative estimate of drug-likeness (QED) is 0.528. The van der Waals surface area contributed by atoms with Gasteiger partial charge in [-0.1, -0.05) is 54.7 Å². The normalized spacial score (nSPS) is 15.6. The van der Waals surface area contributed by atoms with Gasteiger partial charge in [-0.05, 0) is 64.3 Å². The number of benzene rings is 2. The Bertz CT molecular complexity index is 1110. The lowest BCUT2D eigenvalue weighted by atomic mass is 9.95. The fraction of sp³-hybridized carbons (Fsp3) is 0.464. The highest BCUT2D eigenvalue weighted by Crippen LogP contribution is 2.25. The van der Waals surface area contributed by atoms with Crippen LogP contribution in [-0.2, 0) is 25.2 Å². The molecule has 2 atom stereocenters. The Morgan fingerprint density at radius 2 is 1.58 bits per heavy atom. The van der Waals surface area contributed by atoms with E-state index in [9.17, 15) is 18.6 Å². The second-order valence-corrected chi connectivity index (χ2v) is 11.2. The van der Waals surface area contributed by atoms with Crippen LogP contribution in [0.15, 0.2) is 42.5 Å². The first-order valence-electron chi connectivity index (χ1n) is 12.5. The highest BCUT2D eigenvalue weighted by atomic mass is 32.2. The van der Waals surface area contributed by atoms with Crippen molar-refractivity contribution in [3.63, 3.8) is 0 Å². The summed E-state index contributed by atoms with van der Waals surface area (Å²) in [5, 5.41) is 5.81. The highest BCUT2D eigenvalue weighted by molar-refractivity contribution is 7.86. The van der Waals surface area contributed by atoms with Crippen LogP contribution in [0.5, 0.6) is 0 Å². The zero-order valence-corrected chi connectivity index (χ0v) is 22.5. The molecular weight excluding hydrogens is 474 g/mol. The van der Waals surface area contributed by atoms with Crippen LogP contribution in [0, 0.1) is 20.8 Å². The second kappa shape index (κ2) is 12.8. The summed E-state index contributed by atoms with van der Waals surface area (Å²) in [6.45, 7) is 7.50. The Labute approximate surface area is 216 Å². The maximum Gasteiger partial charge on any atom is 0.243 e. The van der Waals surface area contributed by atoms with Crippen molar-refractivity contribution in [2.45, 2.75) is 71.9 Å². The fourth-order valence-corrected chi connectivity index (χ4v) is 5.44. The summed E-state index contributed by atoms with van der Waals surface area (Å²) in [6, 6.07) is 12.3. The molecule has 1 aliphatic rings. The zero-order valence-electron chi connectivity index (χ0n) is 21.6. The molecule has 1 aliphatic carbocycles. The van der Waals surface area contributed by atoms with Crippen molar-refractivity contribution >= 4 is 39.9 Å². The Balaban J connectivity index is 1.71. The Hall–Kier alpha value is -3.00. The first-order valence-corrected chi connectivity index (χ1v) is 14.0. The van der Waals surface area contributed by atoms with Crippen molar-refractivity contribution < 1.29 is 18.6 Å². The van der Waals surface area contributed by atoms with Crippen molar-refractivity contribution in [3.8, 4) is 0 Å². The molecule has 1 saturated carbocycles. The van der Waals surface area contributed by atoms with Crippen LogP contribution in [0.4, 0.5) is 11.4 Å².